The number of hydrogen-bond donors (Lipinski definition) is 3. The fourth-order valence-electron chi connectivity index (χ4n) is 4.25. The van der Waals surface area contributed by atoms with Crippen LogP contribution in [0.3, 0.4) is 0 Å². The number of carbonyl (C=O) groups is 1. The summed E-state index contributed by atoms with van der Waals surface area (Å²) in [5, 5.41) is 8.58. The lowest BCUT2D eigenvalue weighted by Crippen LogP contribution is -2.47. The van der Waals surface area contributed by atoms with Crippen LogP contribution in [0.25, 0.3) is 11.4 Å². The number of rotatable bonds is 8. The number of nitrogens with zero attached hydrogens (tertiary/aromatic N) is 7. The molecule has 0 spiro atoms. The van der Waals surface area contributed by atoms with Gasteiger partial charge in [-0.05, 0) is 25.5 Å². The molecule has 0 radical (unpaired) electrons. The molecule has 2 aliphatic heterocycles. The average Bonchev–Trinajstić information content (AvgIpc) is 2.91. The van der Waals surface area contributed by atoms with E-state index in [0.29, 0.717) is 64.9 Å². The molecule has 15 heteroatoms. The minimum Gasteiger partial charge on any atom is -0.384 e. The minimum absolute atomic E-state index is 0.115. The molecule has 0 saturated carbocycles. The lowest BCUT2D eigenvalue weighted by Gasteiger charge is -2.35. The summed E-state index contributed by atoms with van der Waals surface area (Å²) in [6.45, 7) is 5.31. The van der Waals surface area contributed by atoms with E-state index in [4.69, 9.17) is 15.7 Å². The van der Waals surface area contributed by atoms with Gasteiger partial charge in [0.25, 0.3) is 0 Å². The van der Waals surface area contributed by atoms with Crippen LogP contribution in [-0.2, 0) is 15.7 Å². The number of aromatic nitrogens is 4. The maximum absolute atomic E-state index is 13.8. The van der Waals surface area contributed by atoms with E-state index < -0.39 is 17.6 Å². The van der Waals surface area contributed by atoms with Crippen LogP contribution in [0.15, 0.2) is 12.3 Å². The molecule has 0 bridgehead atoms. The smallest absolute Gasteiger partial charge is 0.384 e. The highest BCUT2D eigenvalue weighted by molar-refractivity contribution is 5.74. The first-order valence-corrected chi connectivity index (χ1v) is 12.1. The van der Waals surface area contributed by atoms with Crippen molar-refractivity contribution in [1.29, 1.82) is 0 Å². The van der Waals surface area contributed by atoms with Crippen LogP contribution in [0.5, 0.6) is 0 Å². The zero-order chi connectivity index (χ0) is 26.4. The third-order valence-corrected chi connectivity index (χ3v) is 6.29. The second-order valence-electron chi connectivity index (χ2n) is 8.83. The number of hydroxylamine groups is 1. The molecule has 4 N–H and O–H groups in total. The Hall–Kier alpha value is -3.30. The third-order valence-electron chi connectivity index (χ3n) is 6.29. The van der Waals surface area contributed by atoms with Crippen molar-refractivity contribution in [1.82, 2.24) is 30.3 Å². The number of carbonyl (C=O) groups excluding carboxylic acids is 1. The number of piperazine rings is 1. The maximum Gasteiger partial charge on any atom is 0.417 e. The molecule has 37 heavy (non-hydrogen) atoms. The number of pyridine rings is 1. The Morgan fingerprint density at radius 1 is 1.03 bits per heavy atom. The van der Waals surface area contributed by atoms with Gasteiger partial charge in [0.2, 0.25) is 17.8 Å². The van der Waals surface area contributed by atoms with Gasteiger partial charge in [-0.2, -0.15) is 28.1 Å². The van der Waals surface area contributed by atoms with Gasteiger partial charge in [-0.1, -0.05) is 0 Å². The summed E-state index contributed by atoms with van der Waals surface area (Å²) in [6, 6.07) is 0.788. The topological polar surface area (TPSA) is 146 Å². The highest BCUT2D eigenvalue weighted by Gasteiger charge is 2.36. The van der Waals surface area contributed by atoms with Gasteiger partial charge in [0.15, 0.2) is 5.82 Å². The average molecular weight is 526 g/mol. The predicted octanol–water partition coefficient (Wildman–Crippen LogP) is 1.17. The monoisotopic (exact) mass is 525 g/mol. The molecule has 0 atom stereocenters. The Balaban J connectivity index is 1.55. The van der Waals surface area contributed by atoms with Gasteiger partial charge in [-0.25, -0.2) is 10.5 Å². The number of hydrogen-bond acceptors (Lipinski definition) is 11. The molecule has 0 aliphatic carbocycles. The van der Waals surface area contributed by atoms with Gasteiger partial charge >= 0.3 is 6.18 Å². The molecule has 4 rings (SSSR count). The van der Waals surface area contributed by atoms with Crippen molar-refractivity contribution < 1.29 is 27.9 Å². The quantitative estimate of drug-likeness (QED) is 0.259. The van der Waals surface area contributed by atoms with E-state index in [0.717, 1.165) is 25.2 Å². The van der Waals surface area contributed by atoms with Crippen molar-refractivity contribution in [3.05, 3.63) is 17.8 Å². The second kappa shape index (κ2) is 11.8. The fraction of sp³-hybridized carbons (Fsp3) is 0.591. The molecule has 2 saturated heterocycles. The number of alkyl halides is 3. The van der Waals surface area contributed by atoms with Gasteiger partial charge in [0.05, 0.1) is 24.3 Å². The van der Waals surface area contributed by atoms with Gasteiger partial charge in [-0.15, -0.1) is 0 Å². The van der Waals surface area contributed by atoms with Crippen LogP contribution in [0.2, 0.25) is 0 Å². The Morgan fingerprint density at radius 3 is 2.30 bits per heavy atom. The molecular formula is C22H30F3N9O3. The zero-order valence-electron chi connectivity index (χ0n) is 20.2. The van der Waals surface area contributed by atoms with E-state index in [1.807, 2.05) is 9.80 Å². The number of anilines is 3. The Bertz CT molecular complexity index is 1080. The van der Waals surface area contributed by atoms with E-state index in [1.165, 1.54) is 0 Å². The maximum atomic E-state index is 13.8. The lowest BCUT2D eigenvalue weighted by molar-refractivity contribution is -0.137. The van der Waals surface area contributed by atoms with Crippen LogP contribution in [0.4, 0.5) is 30.9 Å². The van der Waals surface area contributed by atoms with Gasteiger partial charge < -0.3 is 20.3 Å². The minimum atomic E-state index is -4.66. The van der Waals surface area contributed by atoms with E-state index >= 15 is 0 Å². The normalized spacial score (nSPS) is 17.2. The van der Waals surface area contributed by atoms with Crippen molar-refractivity contribution in [3.8, 4) is 11.4 Å². The molecule has 12 nitrogen and oxygen atoms in total. The van der Waals surface area contributed by atoms with E-state index in [2.05, 4.69) is 24.8 Å². The first-order chi connectivity index (χ1) is 17.7. The highest BCUT2D eigenvalue weighted by atomic mass is 19.4. The van der Waals surface area contributed by atoms with Crippen LogP contribution in [0, 0.1) is 0 Å². The molecule has 2 aromatic rings. The molecule has 4 heterocycles. The van der Waals surface area contributed by atoms with Gasteiger partial charge in [0.1, 0.15) is 5.82 Å². The fourth-order valence-corrected chi connectivity index (χ4v) is 4.25. The van der Waals surface area contributed by atoms with Crippen molar-refractivity contribution in [2.75, 3.05) is 74.6 Å². The number of nitrogens with one attached hydrogen (secondary N) is 1. The standard InChI is InChI=1S/C22H30F3N9O3/c23-22(24,25)16-13-17(26)27-14-15(16)19-28-20(30-21(29-19)34-9-11-37-12-10-34)33-7-5-32(6-8-33)4-2-1-3-18(35)31-36/h13-14,36H,1-12H2,(H2,26,27)(H,31,35). The number of morpholine rings is 1. The van der Waals surface area contributed by atoms with E-state index in [9.17, 15) is 18.0 Å². The zero-order valence-corrected chi connectivity index (χ0v) is 20.2. The summed E-state index contributed by atoms with van der Waals surface area (Å²) in [5.41, 5.74) is 5.96. The third kappa shape index (κ3) is 6.93. The molecule has 2 aromatic heterocycles. The summed E-state index contributed by atoms with van der Waals surface area (Å²) in [4.78, 5) is 34.5. The molecule has 1 amide bonds. The summed E-state index contributed by atoms with van der Waals surface area (Å²) in [6.07, 6.45) is -1.90. The number of halogens is 3. The highest BCUT2D eigenvalue weighted by Crippen LogP contribution is 2.37. The second-order valence-corrected chi connectivity index (χ2v) is 8.83. The summed E-state index contributed by atoms with van der Waals surface area (Å²) < 4.78 is 46.9. The molecule has 202 valence electrons. The van der Waals surface area contributed by atoms with Crippen LogP contribution < -0.4 is 21.0 Å². The van der Waals surface area contributed by atoms with Crippen molar-refractivity contribution in [3.63, 3.8) is 0 Å². The SMILES string of the molecule is Nc1cc(C(F)(F)F)c(-c2nc(N3CCOCC3)nc(N3CCN(CCCCC(=O)NO)CC3)n2)cn1. The van der Waals surface area contributed by atoms with Crippen molar-refractivity contribution in [2.24, 2.45) is 0 Å². The molecule has 2 aliphatic rings. The number of nitrogen functional groups attached to an aromatic ring is 1. The summed E-state index contributed by atoms with van der Waals surface area (Å²) in [7, 11) is 0. The summed E-state index contributed by atoms with van der Waals surface area (Å²) >= 11 is 0. The number of amides is 1. The van der Waals surface area contributed by atoms with Crippen molar-refractivity contribution >= 4 is 23.6 Å². The number of ether oxygens (including phenoxy) is 1. The molecular weight excluding hydrogens is 495 g/mol. The van der Waals surface area contributed by atoms with Gasteiger partial charge in [-0.3, -0.25) is 14.9 Å². The first kappa shape index (κ1) is 26.8. The molecule has 0 aromatic carbocycles. The van der Waals surface area contributed by atoms with Crippen LogP contribution in [0.1, 0.15) is 24.8 Å². The van der Waals surface area contributed by atoms with Crippen molar-refractivity contribution in [2.45, 2.75) is 25.4 Å². The predicted molar refractivity (Wildman–Crippen MR) is 128 cm³/mol. The Labute approximate surface area is 211 Å². The van der Waals surface area contributed by atoms with E-state index in [-0.39, 0.29) is 29.6 Å². The first-order valence-electron chi connectivity index (χ1n) is 12.1. The van der Waals surface area contributed by atoms with Crippen LogP contribution in [-0.4, -0.2) is 95.0 Å². The number of nitrogens with two attached hydrogens (primary N) is 1. The summed E-state index contributed by atoms with van der Waals surface area (Å²) in [5.74, 6) is -0.173. The Morgan fingerprint density at radius 2 is 1.68 bits per heavy atom. The van der Waals surface area contributed by atoms with Gasteiger partial charge in [0, 0.05) is 51.9 Å². The van der Waals surface area contributed by atoms with E-state index in [1.54, 1.807) is 5.48 Å². The number of unbranched alkanes of at least 4 members (excludes halogenated alkanes) is 1. The largest absolute Gasteiger partial charge is 0.417 e. The van der Waals surface area contributed by atoms with Crippen LogP contribution >= 0.6 is 0 Å². The molecule has 2 fully saturated rings. The Kier molecular flexibility index (Phi) is 8.56. The lowest BCUT2D eigenvalue weighted by atomic mass is 10.1. The molecule has 0 unspecified atom stereocenters.